The minimum atomic E-state index is -2.82. The van der Waals surface area contributed by atoms with Gasteiger partial charge in [-0.2, -0.15) is 8.78 Å². The fourth-order valence-electron chi connectivity index (χ4n) is 1.94. The van der Waals surface area contributed by atoms with Gasteiger partial charge in [-0.05, 0) is 23.6 Å². The van der Waals surface area contributed by atoms with E-state index in [1.165, 1.54) is 4.88 Å². The van der Waals surface area contributed by atoms with E-state index in [0.29, 0.717) is 5.56 Å². The van der Waals surface area contributed by atoms with E-state index in [1.807, 2.05) is 12.1 Å². The fourth-order valence-corrected chi connectivity index (χ4v) is 3.81. The smallest absolute Gasteiger partial charge is 0.387 e. The highest BCUT2D eigenvalue weighted by molar-refractivity contribution is 9.09. The zero-order chi connectivity index (χ0) is 15.6. The molecule has 0 radical (unpaired) electrons. The fraction of sp³-hybridized carbons (Fsp3) is 0.375. The van der Waals surface area contributed by atoms with Crippen LogP contribution < -0.4 is 4.74 Å². The minimum Gasteiger partial charge on any atom is -0.434 e. The van der Waals surface area contributed by atoms with Gasteiger partial charge in [0.2, 0.25) is 0 Å². The topological polar surface area (TPSA) is 9.23 Å². The van der Waals surface area contributed by atoms with E-state index in [1.54, 1.807) is 29.5 Å². The van der Waals surface area contributed by atoms with Crippen LogP contribution in [0.15, 0.2) is 36.4 Å². The highest BCUT2D eigenvalue weighted by Crippen LogP contribution is 2.42. The summed E-state index contributed by atoms with van der Waals surface area (Å²) in [5, 5.41) is 0. The van der Waals surface area contributed by atoms with Crippen molar-refractivity contribution in [1.29, 1.82) is 0 Å². The number of halogens is 3. The van der Waals surface area contributed by atoms with Crippen LogP contribution in [0, 0.1) is 0 Å². The van der Waals surface area contributed by atoms with Gasteiger partial charge in [0.05, 0.1) is 4.83 Å². The molecule has 0 amide bonds. The van der Waals surface area contributed by atoms with Gasteiger partial charge >= 0.3 is 6.61 Å². The number of hydrogen-bond donors (Lipinski definition) is 0. The lowest BCUT2D eigenvalue weighted by molar-refractivity contribution is -0.0503. The Kier molecular flexibility index (Phi) is 5.04. The van der Waals surface area contributed by atoms with Gasteiger partial charge in [0.15, 0.2) is 0 Å². The van der Waals surface area contributed by atoms with Crippen LogP contribution in [-0.2, 0) is 5.41 Å². The van der Waals surface area contributed by atoms with E-state index in [2.05, 4.69) is 47.5 Å². The lowest BCUT2D eigenvalue weighted by atomic mass is 9.95. The molecule has 0 bridgehead atoms. The van der Waals surface area contributed by atoms with Crippen molar-refractivity contribution >= 4 is 27.3 Å². The Balaban J connectivity index is 2.32. The van der Waals surface area contributed by atoms with Gasteiger partial charge in [-0.25, -0.2) is 0 Å². The summed E-state index contributed by atoms with van der Waals surface area (Å²) < 4.78 is 29.6. The molecule has 21 heavy (non-hydrogen) atoms. The summed E-state index contributed by atoms with van der Waals surface area (Å²) in [6.45, 7) is 3.64. The maximum atomic E-state index is 12.5. The molecule has 0 N–H and O–H groups in total. The molecule has 0 fully saturated rings. The lowest BCUT2D eigenvalue weighted by Gasteiger charge is -2.16. The maximum absolute atomic E-state index is 12.5. The molecule has 0 saturated heterocycles. The third-order valence-corrected chi connectivity index (χ3v) is 5.89. The van der Waals surface area contributed by atoms with Gasteiger partial charge in [0, 0.05) is 15.3 Å². The second-order valence-electron chi connectivity index (χ2n) is 5.73. The SMILES string of the molecule is CC(C)(C)c1ccc(C(Br)c2ccccc2OC(F)F)s1. The summed E-state index contributed by atoms with van der Waals surface area (Å²) in [4.78, 5) is 2.17. The standard InChI is InChI=1S/C16H17BrF2OS/c1-16(2,3)13-9-8-12(21-13)14(17)10-6-4-5-7-11(10)20-15(18)19/h4-9,14-15H,1-3H3. The molecular weight excluding hydrogens is 358 g/mol. The van der Waals surface area contributed by atoms with E-state index in [9.17, 15) is 8.78 Å². The molecule has 114 valence electrons. The van der Waals surface area contributed by atoms with E-state index in [4.69, 9.17) is 0 Å². The molecule has 1 nitrogen and oxygen atoms in total. The molecule has 1 aromatic heterocycles. The zero-order valence-corrected chi connectivity index (χ0v) is 14.5. The second kappa shape index (κ2) is 6.44. The predicted octanol–water partition coefficient (Wildman–Crippen LogP) is 6.13. The van der Waals surface area contributed by atoms with Crippen LogP contribution in [0.5, 0.6) is 5.75 Å². The van der Waals surface area contributed by atoms with E-state index in [-0.39, 0.29) is 16.0 Å². The van der Waals surface area contributed by atoms with Crippen molar-refractivity contribution in [2.45, 2.75) is 37.6 Å². The van der Waals surface area contributed by atoms with Crippen LogP contribution >= 0.6 is 27.3 Å². The Morgan fingerprint density at radius 2 is 1.76 bits per heavy atom. The minimum absolute atomic E-state index is 0.0780. The van der Waals surface area contributed by atoms with Crippen LogP contribution in [0.3, 0.4) is 0 Å². The highest BCUT2D eigenvalue weighted by atomic mass is 79.9. The van der Waals surface area contributed by atoms with Gasteiger partial charge in [0.25, 0.3) is 0 Å². The number of thiophene rings is 1. The molecule has 5 heteroatoms. The van der Waals surface area contributed by atoms with Gasteiger partial charge in [0.1, 0.15) is 5.75 Å². The maximum Gasteiger partial charge on any atom is 0.387 e. The van der Waals surface area contributed by atoms with E-state index in [0.717, 1.165) is 4.88 Å². The summed E-state index contributed by atoms with van der Waals surface area (Å²) in [5.74, 6) is 0.208. The molecule has 1 heterocycles. The van der Waals surface area contributed by atoms with Crippen LogP contribution in [-0.4, -0.2) is 6.61 Å². The van der Waals surface area contributed by atoms with Crippen LogP contribution in [0.1, 0.15) is 40.9 Å². The predicted molar refractivity (Wildman–Crippen MR) is 86.9 cm³/mol. The van der Waals surface area contributed by atoms with Crippen LogP contribution in [0.25, 0.3) is 0 Å². The van der Waals surface area contributed by atoms with Crippen molar-refractivity contribution < 1.29 is 13.5 Å². The third kappa shape index (κ3) is 4.04. The Morgan fingerprint density at radius 1 is 1.10 bits per heavy atom. The number of alkyl halides is 3. The summed E-state index contributed by atoms with van der Waals surface area (Å²) in [7, 11) is 0. The summed E-state index contributed by atoms with van der Waals surface area (Å²) >= 11 is 5.28. The lowest BCUT2D eigenvalue weighted by Crippen LogP contribution is -2.07. The van der Waals surface area contributed by atoms with Crippen molar-refractivity contribution in [2.24, 2.45) is 0 Å². The zero-order valence-electron chi connectivity index (χ0n) is 12.1. The molecule has 0 aliphatic rings. The Hall–Kier alpha value is -0.940. The summed E-state index contributed by atoms with van der Waals surface area (Å²) in [5.41, 5.74) is 0.786. The number of hydrogen-bond acceptors (Lipinski definition) is 2. The molecule has 2 aromatic rings. The van der Waals surface area contributed by atoms with Gasteiger partial charge in [-0.3, -0.25) is 0 Å². The number of benzene rings is 1. The highest BCUT2D eigenvalue weighted by Gasteiger charge is 2.22. The van der Waals surface area contributed by atoms with Crippen molar-refractivity contribution in [2.75, 3.05) is 0 Å². The molecule has 0 saturated carbocycles. The van der Waals surface area contributed by atoms with Crippen molar-refractivity contribution in [3.05, 3.63) is 51.7 Å². The molecule has 0 spiro atoms. The van der Waals surface area contributed by atoms with Crippen molar-refractivity contribution in [1.82, 2.24) is 0 Å². The van der Waals surface area contributed by atoms with Crippen LogP contribution in [0.4, 0.5) is 8.78 Å². The second-order valence-corrected chi connectivity index (χ2v) is 7.76. The summed E-state index contributed by atoms with van der Waals surface area (Å²) in [6, 6.07) is 11.0. The normalized spacial score (nSPS) is 13.5. The first kappa shape index (κ1) is 16.4. The number of rotatable bonds is 4. The van der Waals surface area contributed by atoms with Crippen molar-refractivity contribution in [3.8, 4) is 5.75 Å². The first-order valence-corrected chi connectivity index (χ1v) is 8.30. The van der Waals surface area contributed by atoms with E-state index < -0.39 is 6.61 Å². The van der Waals surface area contributed by atoms with Crippen LogP contribution in [0.2, 0.25) is 0 Å². The Morgan fingerprint density at radius 3 is 2.33 bits per heavy atom. The molecule has 0 aliphatic carbocycles. The molecule has 0 aliphatic heterocycles. The van der Waals surface area contributed by atoms with Crippen molar-refractivity contribution in [3.63, 3.8) is 0 Å². The summed E-state index contributed by atoms with van der Waals surface area (Å²) in [6.07, 6.45) is 0. The third-order valence-electron chi connectivity index (χ3n) is 3.02. The Bertz CT molecular complexity index is 604. The molecular formula is C16H17BrF2OS. The first-order valence-electron chi connectivity index (χ1n) is 6.57. The molecule has 1 aromatic carbocycles. The first-order chi connectivity index (χ1) is 9.79. The average Bonchev–Trinajstić information content (AvgIpc) is 2.87. The number of para-hydroxylation sites is 1. The van der Waals surface area contributed by atoms with Gasteiger partial charge in [-0.1, -0.05) is 54.9 Å². The molecule has 1 unspecified atom stereocenters. The monoisotopic (exact) mass is 374 g/mol. The molecule has 1 atom stereocenters. The van der Waals surface area contributed by atoms with E-state index >= 15 is 0 Å². The largest absolute Gasteiger partial charge is 0.434 e. The Labute approximate surface area is 136 Å². The molecule has 2 rings (SSSR count). The van der Waals surface area contributed by atoms with Gasteiger partial charge < -0.3 is 4.74 Å². The van der Waals surface area contributed by atoms with Gasteiger partial charge in [-0.15, -0.1) is 11.3 Å². The average molecular weight is 375 g/mol. The number of ether oxygens (including phenoxy) is 1. The quantitative estimate of drug-likeness (QED) is 0.584.